The molecule has 1 aromatic rings. The van der Waals surface area contributed by atoms with E-state index < -0.39 is 35.4 Å². The third kappa shape index (κ3) is 4.79. The molecule has 12 heteroatoms. The lowest BCUT2D eigenvalue weighted by molar-refractivity contribution is -0.0179. The molecule has 164 valence electrons. The van der Waals surface area contributed by atoms with Crippen LogP contribution in [0.5, 0.6) is 0 Å². The molecule has 30 heavy (non-hydrogen) atoms. The fraction of sp³-hybridized carbons (Fsp3) is 0.611. The minimum atomic E-state index is -1.70. The van der Waals surface area contributed by atoms with E-state index in [0.717, 1.165) is 11.8 Å². The molecule has 0 aromatic carbocycles. The zero-order chi connectivity index (χ0) is 22.7. The van der Waals surface area contributed by atoms with E-state index in [2.05, 4.69) is 15.2 Å². The number of anilines is 1. The van der Waals surface area contributed by atoms with Gasteiger partial charge in [0.05, 0.1) is 26.1 Å². The van der Waals surface area contributed by atoms with Crippen LogP contribution in [-0.4, -0.2) is 64.7 Å². The van der Waals surface area contributed by atoms with Crippen LogP contribution in [0.2, 0.25) is 0 Å². The van der Waals surface area contributed by atoms with Crippen molar-refractivity contribution in [3.63, 3.8) is 0 Å². The van der Waals surface area contributed by atoms with Gasteiger partial charge in [0, 0.05) is 12.7 Å². The van der Waals surface area contributed by atoms with Crippen molar-refractivity contribution in [2.24, 2.45) is 5.73 Å². The van der Waals surface area contributed by atoms with Gasteiger partial charge in [0.1, 0.15) is 22.9 Å². The number of likely N-dealkylation sites (tertiary alicyclic amines) is 1. The molecule has 1 aromatic heterocycles. The van der Waals surface area contributed by atoms with E-state index >= 15 is 4.39 Å². The number of amides is 3. The van der Waals surface area contributed by atoms with Crippen LogP contribution in [0.4, 0.5) is 19.8 Å². The van der Waals surface area contributed by atoms with Crippen molar-refractivity contribution in [1.82, 2.24) is 14.7 Å². The van der Waals surface area contributed by atoms with Crippen LogP contribution < -0.4 is 11.1 Å². The molecule has 0 saturated carbocycles. The molecule has 2 atom stereocenters. The predicted molar refractivity (Wildman–Crippen MR) is 102 cm³/mol. The minimum Gasteiger partial charge on any atom is -0.453 e. The van der Waals surface area contributed by atoms with Crippen LogP contribution in [0.1, 0.15) is 44.0 Å². The highest BCUT2D eigenvalue weighted by Gasteiger charge is 2.48. The summed E-state index contributed by atoms with van der Waals surface area (Å²) in [5.41, 5.74) is 2.96. The van der Waals surface area contributed by atoms with E-state index in [1.807, 2.05) is 6.07 Å². The van der Waals surface area contributed by atoms with Crippen LogP contribution >= 0.6 is 0 Å². The molecule has 3 amide bonds. The fourth-order valence-electron chi connectivity index (χ4n) is 3.13. The van der Waals surface area contributed by atoms with Crippen molar-refractivity contribution < 1.29 is 28.2 Å². The molecule has 0 aliphatic carbocycles. The molecule has 0 radical (unpaired) electrons. The molecule has 1 saturated heterocycles. The van der Waals surface area contributed by atoms with Gasteiger partial charge in [-0.1, -0.05) is 0 Å². The van der Waals surface area contributed by atoms with E-state index in [0.29, 0.717) is 0 Å². The Morgan fingerprint density at radius 3 is 2.63 bits per heavy atom. The number of nitrogens with one attached hydrogen (secondary N) is 1. The number of carbonyl (C=O) groups is 3. The average molecular weight is 424 g/mol. The van der Waals surface area contributed by atoms with Gasteiger partial charge in [-0.15, -0.1) is 0 Å². The molecule has 0 spiro atoms. The van der Waals surface area contributed by atoms with E-state index in [1.54, 1.807) is 20.8 Å². The first-order valence-corrected chi connectivity index (χ1v) is 9.17. The van der Waals surface area contributed by atoms with Crippen LogP contribution in [0.25, 0.3) is 0 Å². The zero-order valence-corrected chi connectivity index (χ0v) is 17.3. The Kier molecular flexibility index (Phi) is 6.54. The van der Waals surface area contributed by atoms with Gasteiger partial charge in [-0.3, -0.25) is 14.8 Å². The number of rotatable bonds is 4. The van der Waals surface area contributed by atoms with E-state index in [9.17, 15) is 19.6 Å². The highest BCUT2D eigenvalue weighted by Crippen LogP contribution is 2.37. The first-order valence-electron chi connectivity index (χ1n) is 9.17. The molecule has 2 rings (SSSR count). The second-order valence-electron chi connectivity index (χ2n) is 7.90. The minimum absolute atomic E-state index is 0.0263. The maximum atomic E-state index is 15.4. The number of nitriles is 1. The SMILES string of the molecule is COC(=O)Nc1nn(C2(CC#N)CCN(C(=O)OC(C)(C)C)CC2F)cc1C(N)=O. The van der Waals surface area contributed by atoms with Crippen molar-refractivity contribution in [3.05, 3.63) is 11.8 Å². The number of nitrogens with two attached hydrogens (primary N) is 1. The Bertz CT molecular complexity index is 873. The van der Waals surface area contributed by atoms with E-state index in [1.165, 1.54) is 11.1 Å². The third-order valence-electron chi connectivity index (χ3n) is 4.66. The van der Waals surface area contributed by atoms with Crippen LogP contribution in [0.15, 0.2) is 6.20 Å². The predicted octanol–water partition coefficient (Wildman–Crippen LogP) is 1.75. The van der Waals surface area contributed by atoms with E-state index in [-0.39, 0.29) is 37.3 Å². The Morgan fingerprint density at radius 2 is 2.13 bits per heavy atom. The van der Waals surface area contributed by atoms with Gasteiger partial charge in [-0.25, -0.2) is 14.0 Å². The quantitative estimate of drug-likeness (QED) is 0.746. The summed E-state index contributed by atoms with van der Waals surface area (Å²) >= 11 is 0. The van der Waals surface area contributed by atoms with Gasteiger partial charge < -0.3 is 20.1 Å². The fourth-order valence-corrected chi connectivity index (χ4v) is 3.13. The number of piperidine rings is 1. The molecule has 2 heterocycles. The summed E-state index contributed by atoms with van der Waals surface area (Å²) in [6.45, 7) is 4.87. The summed E-state index contributed by atoms with van der Waals surface area (Å²) < 4.78 is 26.3. The maximum Gasteiger partial charge on any atom is 0.412 e. The number of primary amides is 1. The molecule has 1 aliphatic heterocycles. The highest BCUT2D eigenvalue weighted by molar-refractivity contribution is 6.00. The third-order valence-corrected chi connectivity index (χ3v) is 4.66. The van der Waals surface area contributed by atoms with Gasteiger partial charge >= 0.3 is 12.2 Å². The first-order chi connectivity index (χ1) is 13.9. The van der Waals surface area contributed by atoms with Crippen molar-refractivity contribution in [2.45, 2.75) is 50.9 Å². The molecule has 11 nitrogen and oxygen atoms in total. The topological polar surface area (TPSA) is 153 Å². The summed E-state index contributed by atoms with van der Waals surface area (Å²) in [5, 5.41) is 15.7. The van der Waals surface area contributed by atoms with Gasteiger partial charge in [0.15, 0.2) is 5.82 Å². The van der Waals surface area contributed by atoms with Gasteiger partial charge in [0.25, 0.3) is 5.91 Å². The summed E-state index contributed by atoms with van der Waals surface area (Å²) in [4.78, 5) is 36.8. The maximum absolute atomic E-state index is 15.4. The molecule has 2 unspecified atom stereocenters. The summed E-state index contributed by atoms with van der Waals surface area (Å²) in [6, 6.07) is 1.94. The molecular formula is C18H25FN6O5. The van der Waals surface area contributed by atoms with Crippen LogP contribution in [0, 0.1) is 11.3 Å². The highest BCUT2D eigenvalue weighted by atomic mass is 19.1. The monoisotopic (exact) mass is 424 g/mol. The second kappa shape index (κ2) is 8.56. The lowest BCUT2D eigenvalue weighted by Crippen LogP contribution is -2.56. The number of alkyl halides is 1. The van der Waals surface area contributed by atoms with Crippen molar-refractivity contribution in [1.29, 1.82) is 5.26 Å². The number of halogens is 1. The average Bonchev–Trinajstić information content (AvgIpc) is 3.06. The number of nitrogens with zero attached hydrogens (tertiary/aromatic N) is 4. The lowest BCUT2D eigenvalue weighted by atomic mass is 9.83. The number of ether oxygens (including phenoxy) is 2. The number of aromatic nitrogens is 2. The Labute approximate surface area is 172 Å². The smallest absolute Gasteiger partial charge is 0.412 e. The van der Waals surface area contributed by atoms with Crippen molar-refractivity contribution in [3.8, 4) is 6.07 Å². The summed E-state index contributed by atoms with van der Waals surface area (Å²) in [7, 11) is 1.12. The number of hydrogen-bond donors (Lipinski definition) is 2. The largest absolute Gasteiger partial charge is 0.453 e. The molecule has 3 N–H and O–H groups in total. The van der Waals surface area contributed by atoms with Crippen molar-refractivity contribution in [2.75, 3.05) is 25.5 Å². The second-order valence-corrected chi connectivity index (χ2v) is 7.90. The van der Waals surface area contributed by atoms with Crippen molar-refractivity contribution >= 4 is 23.9 Å². The van der Waals surface area contributed by atoms with Crippen LogP contribution in [-0.2, 0) is 15.0 Å². The Morgan fingerprint density at radius 1 is 1.47 bits per heavy atom. The van der Waals surface area contributed by atoms with Gasteiger partial charge in [0.2, 0.25) is 0 Å². The standard InChI is InChI=1S/C18H25FN6O5/c1-17(2,3)30-16(28)24-8-6-18(5-7-20,12(19)10-24)25-9-11(13(21)26)14(23-25)22-15(27)29-4/h9,12H,5-6,8,10H2,1-4H3,(H2,21,26)(H,22,23,27). The molecular weight excluding hydrogens is 399 g/mol. The van der Waals surface area contributed by atoms with Gasteiger partial charge in [-0.05, 0) is 27.2 Å². The zero-order valence-electron chi connectivity index (χ0n) is 17.3. The Hall–Kier alpha value is -3.36. The number of carbonyl (C=O) groups excluding carboxylic acids is 3. The molecule has 1 aliphatic rings. The lowest BCUT2D eigenvalue weighted by Gasteiger charge is -2.43. The van der Waals surface area contributed by atoms with Gasteiger partial charge in [-0.2, -0.15) is 10.4 Å². The normalized spacial score (nSPS) is 21.5. The summed E-state index contributed by atoms with van der Waals surface area (Å²) in [5.74, 6) is -1.12. The first kappa shape index (κ1) is 22.9. The van der Waals surface area contributed by atoms with E-state index in [4.69, 9.17) is 10.5 Å². The summed E-state index contributed by atoms with van der Waals surface area (Å²) in [6.07, 6.45) is -2.34. The number of methoxy groups -OCH3 is 1. The van der Waals surface area contributed by atoms with Crippen LogP contribution in [0.3, 0.4) is 0 Å². The Balaban J connectivity index is 2.36. The number of hydrogen-bond acceptors (Lipinski definition) is 7. The molecule has 1 fully saturated rings. The molecule has 0 bridgehead atoms.